The van der Waals surface area contributed by atoms with Gasteiger partial charge in [-0.25, -0.2) is 4.98 Å². The van der Waals surface area contributed by atoms with Crippen molar-refractivity contribution in [3.8, 4) is 5.75 Å². The molecule has 1 N–H and O–H groups in total. The van der Waals surface area contributed by atoms with E-state index in [4.69, 9.17) is 27.9 Å². The van der Waals surface area contributed by atoms with Crippen molar-refractivity contribution >= 4 is 57.3 Å². The Morgan fingerprint density at radius 1 is 0.892 bits per heavy atom. The van der Waals surface area contributed by atoms with Crippen molar-refractivity contribution in [2.75, 3.05) is 43.5 Å². The van der Waals surface area contributed by atoms with Gasteiger partial charge >= 0.3 is 0 Å². The molecule has 188 valence electrons. The molecule has 1 aromatic heterocycles. The SMILES string of the molecule is COc1cc(C(=O)N2CCN(c3ccc(NC(=O)c4ccc(Cl)c(Cl)c4)cc3)CC2)nc2ccccc12. The number of halogens is 2. The Kier molecular flexibility index (Phi) is 7.17. The molecule has 1 aliphatic rings. The van der Waals surface area contributed by atoms with Crippen LogP contribution in [0.5, 0.6) is 5.75 Å². The Balaban J connectivity index is 1.21. The van der Waals surface area contributed by atoms with Gasteiger partial charge in [-0.2, -0.15) is 0 Å². The van der Waals surface area contributed by atoms with E-state index in [2.05, 4.69) is 15.2 Å². The second-order valence-electron chi connectivity index (χ2n) is 8.64. The Labute approximate surface area is 224 Å². The maximum atomic E-state index is 13.2. The van der Waals surface area contributed by atoms with Gasteiger partial charge in [-0.15, -0.1) is 0 Å². The van der Waals surface area contributed by atoms with Crippen molar-refractivity contribution in [3.63, 3.8) is 0 Å². The zero-order chi connectivity index (χ0) is 25.9. The average Bonchev–Trinajstić information content (AvgIpc) is 2.94. The molecule has 2 amide bonds. The normalized spacial score (nSPS) is 13.5. The molecule has 0 radical (unpaired) electrons. The highest BCUT2D eigenvalue weighted by atomic mass is 35.5. The van der Waals surface area contributed by atoms with E-state index in [9.17, 15) is 9.59 Å². The highest BCUT2D eigenvalue weighted by Gasteiger charge is 2.24. The van der Waals surface area contributed by atoms with Crippen molar-refractivity contribution < 1.29 is 14.3 Å². The number of para-hydroxylation sites is 1. The molecular weight excluding hydrogens is 511 g/mol. The van der Waals surface area contributed by atoms with E-state index in [1.165, 1.54) is 6.07 Å². The Morgan fingerprint density at radius 2 is 1.62 bits per heavy atom. The van der Waals surface area contributed by atoms with Crippen LogP contribution >= 0.6 is 23.2 Å². The van der Waals surface area contributed by atoms with Crippen molar-refractivity contribution in [2.24, 2.45) is 0 Å². The van der Waals surface area contributed by atoms with E-state index in [1.54, 1.807) is 25.3 Å². The molecule has 2 heterocycles. The van der Waals surface area contributed by atoms with Crippen molar-refractivity contribution in [3.05, 3.63) is 94.1 Å². The standard InChI is InChI=1S/C28H24Cl2N4O3/c1-37-26-17-25(32-24-5-3-2-4-21(24)26)28(36)34-14-12-33(13-15-34)20-9-7-19(8-10-20)31-27(35)18-6-11-22(29)23(30)16-18/h2-11,16-17H,12-15H2,1H3,(H,31,35). The molecule has 0 bridgehead atoms. The van der Waals surface area contributed by atoms with Crippen molar-refractivity contribution in [2.45, 2.75) is 0 Å². The van der Waals surface area contributed by atoms with Crippen molar-refractivity contribution in [1.29, 1.82) is 0 Å². The number of ether oxygens (including phenoxy) is 1. The number of nitrogens with zero attached hydrogens (tertiary/aromatic N) is 3. The van der Waals surface area contributed by atoms with Gasteiger partial charge < -0.3 is 19.9 Å². The highest BCUT2D eigenvalue weighted by Crippen LogP contribution is 2.27. The lowest BCUT2D eigenvalue weighted by atomic mass is 10.1. The Bertz CT molecular complexity index is 1470. The molecule has 1 saturated heterocycles. The molecule has 9 heteroatoms. The zero-order valence-electron chi connectivity index (χ0n) is 20.1. The van der Waals surface area contributed by atoms with Crippen LogP contribution in [0, 0.1) is 0 Å². The number of nitrogens with one attached hydrogen (secondary N) is 1. The van der Waals surface area contributed by atoms with Crippen LogP contribution in [0.3, 0.4) is 0 Å². The first kappa shape index (κ1) is 24.9. The fourth-order valence-electron chi connectivity index (χ4n) is 4.35. The van der Waals surface area contributed by atoms with Crippen LogP contribution in [0.4, 0.5) is 11.4 Å². The monoisotopic (exact) mass is 534 g/mol. The zero-order valence-corrected chi connectivity index (χ0v) is 21.6. The molecule has 0 aliphatic carbocycles. The number of aromatic nitrogens is 1. The Morgan fingerprint density at radius 3 is 2.32 bits per heavy atom. The smallest absolute Gasteiger partial charge is 0.272 e. The molecule has 0 saturated carbocycles. The number of piperazine rings is 1. The van der Waals surface area contributed by atoms with Crippen LogP contribution in [0.2, 0.25) is 10.0 Å². The van der Waals surface area contributed by atoms with Crippen LogP contribution in [0.15, 0.2) is 72.8 Å². The lowest BCUT2D eigenvalue weighted by Gasteiger charge is -2.36. The molecule has 1 fully saturated rings. The summed E-state index contributed by atoms with van der Waals surface area (Å²) in [5.74, 6) is 0.264. The number of pyridine rings is 1. The van der Waals surface area contributed by atoms with E-state index in [1.807, 2.05) is 53.4 Å². The number of hydrogen-bond donors (Lipinski definition) is 1. The molecular formula is C28H24Cl2N4O3. The number of hydrogen-bond acceptors (Lipinski definition) is 5. The fourth-order valence-corrected chi connectivity index (χ4v) is 4.65. The van der Waals surface area contributed by atoms with Gasteiger partial charge in [0.2, 0.25) is 0 Å². The molecule has 4 aromatic rings. The summed E-state index contributed by atoms with van der Waals surface area (Å²) in [5, 5.41) is 4.48. The summed E-state index contributed by atoms with van der Waals surface area (Å²) in [6, 6.07) is 21.7. The summed E-state index contributed by atoms with van der Waals surface area (Å²) < 4.78 is 5.49. The summed E-state index contributed by atoms with van der Waals surface area (Å²) in [6.45, 7) is 2.52. The molecule has 5 rings (SSSR count). The predicted molar refractivity (Wildman–Crippen MR) is 147 cm³/mol. The molecule has 37 heavy (non-hydrogen) atoms. The Hall–Kier alpha value is -3.81. The second kappa shape index (κ2) is 10.7. The topological polar surface area (TPSA) is 74.8 Å². The third kappa shape index (κ3) is 5.33. The van der Waals surface area contributed by atoms with Gasteiger partial charge in [0.15, 0.2) is 0 Å². The van der Waals surface area contributed by atoms with Gasteiger partial charge in [-0.05, 0) is 54.6 Å². The molecule has 0 unspecified atom stereocenters. The third-order valence-corrected chi connectivity index (χ3v) is 7.10. The number of amides is 2. The molecule has 0 spiro atoms. The van der Waals surface area contributed by atoms with Gasteiger partial charge in [-0.1, -0.05) is 35.3 Å². The lowest BCUT2D eigenvalue weighted by Crippen LogP contribution is -2.49. The van der Waals surface area contributed by atoms with Gasteiger partial charge in [0, 0.05) is 54.6 Å². The largest absolute Gasteiger partial charge is 0.496 e. The van der Waals surface area contributed by atoms with Crippen LogP contribution in [-0.2, 0) is 0 Å². The van der Waals surface area contributed by atoms with E-state index < -0.39 is 0 Å². The quantitative estimate of drug-likeness (QED) is 0.352. The first-order valence-corrected chi connectivity index (χ1v) is 12.5. The average molecular weight is 535 g/mol. The predicted octanol–water partition coefficient (Wildman–Crippen LogP) is 5.76. The maximum absolute atomic E-state index is 13.2. The van der Waals surface area contributed by atoms with Crippen LogP contribution in [-0.4, -0.2) is 55.0 Å². The van der Waals surface area contributed by atoms with Crippen molar-refractivity contribution in [1.82, 2.24) is 9.88 Å². The highest BCUT2D eigenvalue weighted by molar-refractivity contribution is 6.42. The first-order valence-electron chi connectivity index (χ1n) is 11.8. The van der Waals surface area contributed by atoms with Gasteiger partial charge in [0.05, 0.1) is 22.7 Å². The summed E-state index contributed by atoms with van der Waals surface area (Å²) in [7, 11) is 1.60. The molecule has 0 atom stereocenters. The number of benzene rings is 3. The van der Waals surface area contributed by atoms with Gasteiger partial charge in [0.1, 0.15) is 11.4 Å². The second-order valence-corrected chi connectivity index (χ2v) is 9.45. The first-order chi connectivity index (χ1) is 17.9. The summed E-state index contributed by atoms with van der Waals surface area (Å²) >= 11 is 11.9. The summed E-state index contributed by atoms with van der Waals surface area (Å²) in [6.07, 6.45) is 0. The number of anilines is 2. The lowest BCUT2D eigenvalue weighted by molar-refractivity contribution is 0.0740. The summed E-state index contributed by atoms with van der Waals surface area (Å²) in [5.41, 5.74) is 3.23. The minimum Gasteiger partial charge on any atom is -0.496 e. The number of fused-ring (bicyclic) bond motifs is 1. The van der Waals surface area contributed by atoms with Crippen LogP contribution in [0.25, 0.3) is 10.9 Å². The van der Waals surface area contributed by atoms with Gasteiger partial charge in [0.25, 0.3) is 11.8 Å². The number of carbonyl (C=O) groups is 2. The van der Waals surface area contributed by atoms with Crippen LogP contribution in [0.1, 0.15) is 20.8 Å². The molecule has 1 aliphatic heterocycles. The summed E-state index contributed by atoms with van der Waals surface area (Å²) in [4.78, 5) is 34.3. The number of methoxy groups -OCH3 is 1. The molecule has 7 nitrogen and oxygen atoms in total. The third-order valence-electron chi connectivity index (χ3n) is 6.36. The maximum Gasteiger partial charge on any atom is 0.272 e. The number of rotatable bonds is 5. The number of carbonyl (C=O) groups excluding carboxylic acids is 2. The minimum atomic E-state index is -0.266. The van der Waals surface area contributed by atoms with Gasteiger partial charge in [-0.3, -0.25) is 9.59 Å². The minimum absolute atomic E-state index is 0.107. The fraction of sp³-hybridized carbons (Fsp3) is 0.179. The van der Waals surface area contributed by atoms with E-state index in [0.717, 1.165) is 16.6 Å². The van der Waals surface area contributed by atoms with E-state index >= 15 is 0 Å². The van der Waals surface area contributed by atoms with E-state index in [-0.39, 0.29) is 11.8 Å². The van der Waals surface area contributed by atoms with E-state index in [0.29, 0.717) is 58.9 Å². The van der Waals surface area contributed by atoms with Crippen LogP contribution < -0.4 is 15.0 Å². The molecule has 3 aromatic carbocycles.